The summed E-state index contributed by atoms with van der Waals surface area (Å²) in [6, 6.07) is 2.07. The van der Waals surface area contributed by atoms with Gasteiger partial charge in [-0.3, -0.25) is 4.90 Å². The number of hydrogen-bond acceptors (Lipinski definition) is 4. The lowest BCUT2D eigenvalue weighted by atomic mass is 10.2. The van der Waals surface area contributed by atoms with Gasteiger partial charge < -0.3 is 5.32 Å². The highest BCUT2D eigenvalue weighted by molar-refractivity contribution is 7.10. The van der Waals surface area contributed by atoms with E-state index in [2.05, 4.69) is 27.2 Å². The molecule has 1 saturated heterocycles. The van der Waals surface area contributed by atoms with E-state index in [1.165, 1.54) is 50.3 Å². The van der Waals surface area contributed by atoms with Crippen LogP contribution in [0.5, 0.6) is 0 Å². The third-order valence-electron chi connectivity index (χ3n) is 3.04. The predicted octanol–water partition coefficient (Wildman–Crippen LogP) is 3.25. The third-order valence-corrected chi connectivity index (χ3v) is 3.84. The first-order valence-electron chi connectivity index (χ1n) is 6.34. The maximum atomic E-state index is 4.26. The highest BCUT2D eigenvalue weighted by Gasteiger charge is 2.10. The lowest BCUT2D eigenvalue weighted by Crippen LogP contribution is -2.28. The van der Waals surface area contributed by atoms with Gasteiger partial charge >= 0.3 is 0 Å². The quantitative estimate of drug-likeness (QED) is 0.890. The maximum Gasteiger partial charge on any atom is 0.113 e. The van der Waals surface area contributed by atoms with Gasteiger partial charge in [0.1, 0.15) is 5.00 Å². The zero-order valence-electron chi connectivity index (χ0n) is 10.5. The summed E-state index contributed by atoms with van der Waals surface area (Å²) in [5.74, 6) is 0. The smallest absolute Gasteiger partial charge is 0.113 e. The standard InChI is InChI=1S/C13H21N3S/c1-11-9-13(17-15-11)14-12(2)10-16-7-5-3-4-6-8-16/h9,14H,2-8,10H2,1H3. The van der Waals surface area contributed by atoms with Crippen LogP contribution in [0.2, 0.25) is 0 Å². The van der Waals surface area contributed by atoms with Crippen molar-refractivity contribution in [1.29, 1.82) is 0 Å². The molecule has 1 aromatic heterocycles. The van der Waals surface area contributed by atoms with Gasteiger partial charge in [0.25, 0.3) is 0 Å². The number of rotatable bonds is 4. The Morgan fingerprint density at radius 1 is 1.41 bits per heavy atom. The second-order valence-corrected chi connectivity index (χ2v) is 5.56. The van der Waals surface area contributed by atoms with Gasteiger partial charge in [-0.15, -0.1) is 0 Å². The zero-order chi connectivity index (χ0) is 12.1. The van der Waals surface area contributed by atoms with Gasteiger partial charge in [0.2, 0.25) is 0 Å². The minimum Gasteiger partial charge on any atom is -0.349 e. The van der Waals surface area contributed by atoms with Gasteiger partial charge in [-0.1, -0.05) is 19.4 Å². The van der Waals surface area contributed by atoms with Crippen LogP contribution < -0.4 is 5.32 Å². The van der Waals surface area contributed by atoms with Crippen molar-refractivity contribution in [2.75, 3.05) is 25.0 Å². The molecule has 1 aliphatic rings. The van der Waals surface area contributed by atoms with Gasteiger partial charge in [-0.25, -0.2) is 0 Å². The zero-order valence-corrected chi connectivity index (χ0v) is 11.4. The summed E-state index contributed by atoms with van der Waals surface area (Å²) in [5.41, 5.74) is 2.15. The molecule has 0 atom stereocenters. The summed E-state index contributed by atoms with van der Waals surface area (Å²) in [5, 5.41) is 4.45. The molecule has 0 unspecified atom stereocenters. The van der Waals surface area contributed by atoms with Crippen molar-refractivity contribution >= 4 is 16.5 Å². The molecule has 94 valence electrons. The number of likely N-dealkylation sites (tertiary alicyclic amines) is 1. The Kier molecular flexibility index (Phi) is 4.57. The van der Waals surface area contributed by atoms with Crippen molar-refractivity contribution in [3.05, 3.63) is 24.0 Å². The molecule has 1 N–H and O–H groups in total. The van der Waals surface area contributed by atoms with Crippen LogP contribution in [0.4, 0.5) is 5.00 Å². The molecule has 2 heterocycles. The van der Waals surface area contributed by atoms with Gasteiger partial charge in [0.15, 0.2) is 0 Å². The van der Waals surface area contributed by atoms with Crippen molar-refractivity contribution in [2.24, 2.45) is 0 Å². The molecule has 4 heteroatoms. The minimum atomic E-state index is 0.955. The average molecular weight is 251 g/mol. The van der Waals surface area contributed by atoms with E-state index in [4.69, 9.17) is 0 Å². The molecule has 0 radical (unpaired) electrons. The Morgan fingerprint density at radius 3 is 2.71 bits per heavy atom. The van der Waals surface area contributed by atoms with E-state index in [1.807, 2.05) is 6.92 Å². The number of hydrogen-bond donors (Lipinski definition) is 1. The molecule has 0 saturated carbocycles. The molecular formula is C13H21N3S. The van der Waals surface area contributed by atoms with E-state index in [1.54, 1.807) is 0 Å². The third kappa shape index (κ3) is 4.13. The van der Waals surface area contributed by atoms with Gasteiger partial charge in [-0.05, 0) is 50.5 Å². The normalized spacial score (nSPS) is 17.7. The second kappa shape index (κ2) is 6.17. The summed E-state index contributed by atoms with van der Waals surface area (Å²) in [6.07, 6.45) is 5.41. The topological polar surface area (TPSA) is 28.2 Å². The number of anilines is 1. The number of nitrogens with one attached hydrogen (secondary N) is 1. The molecule has 3 nitrogen and oxygen atoms in total. The van der Waals surface area contributed by atoms with E-state index in [0.717, 1.165) is 22.9 Å². The Balaban J connectivity index is 1.80. The first kappa shape index (κ1) is 12.6. The van der Waals surface area contributed by atoms with Gasteiger partial charge in [-0.2, -0.15) is 4.37 Å². The van der Waals surface area contributed by atoms with E-state index in [-0.39, 0.29) is 0 Å². The summed E-state index contributed by atoms with van der Waals surface area (Å²) < 4.78 is 4.26. The fourth-order valence-electron chi connectivity index (χ4n) is 2.20. The number of aryl methyl sites for hydroxylation is 1. The van der Waals surface area contributed by atoms with Gasteiger partial charge in [0, 0.05) is 12.2 Å². The number of nitrogens with zero attached hydrogens (tertiary/aromatic N) is 2. The molecule has 0 bridgehead atoms. The lowest BCUT2D eigenvalue weighted by Gasteiger charge is -2.21. The largest absolute Gasteiger partial charge is 0.349 e. The number of aromatic nitrogens is 1. The second-order valence-electron chi connectivity index (χ2n) is 4.75. The van der Waals surface area contributed by atoms with Crippen LogP contribution >= 0.6 is 11.5 Å². The van der Waals surface area contributed by atoms with Crippen molar-refractivity contribution in [3.8, 4) is 0 Å². The lowest BCUT2D eigenvalue weighted by molar-refractivity contribution is 0.310. The minimum absolute atomic E-state index is 0.955. The van der Waals surface area contributed by atoms with Crippen LogP contribution in [0.3, 0.4) is 0 Å². The van der Waals surface area contributed by atoms with Crippen molar-refractivity contribution in [1.82, 2.24) is 9.27 Å². The molecular weight excluding hydrogens is 230 g/mol. The summed E-state index contributed by atoms with van der Waals surface area (Å²) in [6.45, 7) is 9.50. The molecule has 1 aliphatic heterocycles. The van der Waals surface area contributed by atoms with Crippen molar-refractivity contribution in [2.45, 2.75) is 32.6 Å². The summed E-state index contributed by atoms with van der Waals surface area (Å²) in [7, 11) is 0. The van der Waals surface area contributed by atoms with Crippen molar-refractivity contribution < 1.29 is 0 Å². The predicted molar refractivity (Wildman–Crippen MR) is 74.5 cm³/mol. The van der Waals surface area contributed by atoms with Crippen LogP contribution in [0.15, 0.2) is 18.3 Å². The molecule has 0 aliphatic carbocycles. The summed E-state index contributed by atoms with van der Waals surface area (Å²) in [4.78, 5) is 2.50. The average Bonchev–Trinajstić information content (AvgIpc) is 2.53. The highest BCUT2D eigenvalue weighted by Crippen LogP contribution is 2.18. The van der Waals surface area contributed by atoms with Crippen LogP contribution in [-0.4, -0.2) is 28.9 Å². The Morgan fingerprint density at radius 2 is 2.12 bits per heavy atom. The SMILES string of the molecule is C=C(CN1CCCCCC1)Nc1cc(C)ns1. The molecule has 0 spiro atoms. The van der Waals surface area contributed by atoms with Crippen LogP contribution in [0.25, 0.3) is 0 Å². The molecule has 0 amide bonds. The van der Waals surface area contributed by atoms with E-state index < -0.39 is 0 Å². The van der Waals surface area contributed by atoms with E-state index in [9.17, 15) is 0 Å². The van der Waals surface area contributed by atoms with Crippen LogP contribution in [0.1, 0.15) is 31.4 Å². The highest BCUT2D eigenvalue weighted by atomic mass is 32.1. The summed E-state index contributed by atoms with van der Waals surface area (Å²) >= 11 is 1.50. The van der Waals surface area contributed by atoms with E-state index >= 15 is 0 Å². The molecule has 1 aromatic rings. The van der Waals surface area contributed by atoms with E-state index in [0.29, 0.717) is 0 Å². The molecule has 2 rings (SSSR count). The monoisotopic (exact) mass is 251 g/mol. The first-order chi connectivity index (χ1) is 8.24. The fourth-order valence-corrected chi connectivity index (χ4v) is 2.91. The Labute approximate surface area is 108 Å². The van der Waals surface area contributed by atoms with Crippen LogP contribution in [0, 0.1) is 6.92 Å². The fraction of sp³-hybridized carbons (Fsp3) is 0.615. The van der Waals surface area contributed by atoms with Crippen LogP contribution in [-0.2, 0) is 0 Å². The van der Waals surface area contributed by atoms with Crippen molar-refractivity contribution in [3.63, 3.8) is 0 Å². The van der Waals surface area contributed by atoms with Gasteiger partial charge in [0.05, 0.1) is 5.69 Å². The molecule has 0 aromatic carbocycles. The Hall–Kier alpha value is -0.870. The maximum absolute atomic E-state index is 4.26. The molecule has 1 fully saturated rings. The first-order valence-corrected chi connectivity index (χ1v) is 7.12. The molecule has 17 heavy (non-hydrogen) atoms. The Bertz CT molecular complexity index is 364.